The largest absolute Gasteiger partial charge is 0.464 e. The van der Waals surface area contributed by atoms with Crippen LogP contribution >= 0.6 is 11.6 Å². The lowest BCUT2D eigenvalue weighted by molar-refractivity contribution is 0.385. The first-order valence-corrected chi connectivity index (χ1v) is 10.7. The monoisotopic (exact) mass is 402 g/mol. The number of nitrogens with zero attached hydrogens (tertiary/aromatic N) is 1. The highest BCUT2D eigenvalue weighted by molar-refractivity contribution is 6.32. The van der Waals surface area contributed by atoms with Crippen molar-refractivity contribution in [3.63, 3.8) is 0 Å². The van der Waals surface area contributed by atoms with Crippen LogP contribution in [0.4, 0.5) is 0 Å². The minimum Gasteiger partial charge on any atom is -0.464 e. The van der Waals surface area contributed by atoms with Crippen LogP contribution in [0.3, 0.4) is 0 Å². The minimum absolute atomic E-state index is 0.403. The van der Waals surface area contributed by atoms with Gasteiger partial charge in [0.1, 0.15) is 11.4 Å². The third kappa shape index (κ3) is 3.43. The molecule has 0 amide bonds. The number of aryl methyl sites for hydroxylation is 1. The fourth-order valence-corrected chi connectivity index (χ4v) is 4.95. The molecule has 2 heterocycles. The summed E-state index contributed by atoms with van der Waals surface area (Å²) >= 11 is 6.64. The summed E-state index contributed by atoms with van der Waals surface area (Å²) < 4.78 is 5.72. The number of fused-ring (bicyclic) bond motifs is 2. The van der Waals surface area contributed by atoms with E-state index in [9.17, 15) is 0 Å². The average Bonchev–Trinajstić information content (AvgIpc) is 3.39. The van der Waals surface area contributed by atoms with Crippen molar-refractivity contribution in [2.24, 2.45) is 4.99 Å². The van der Waals surface area contributed by atoms with E-state index in [0.717, 1.165) is 56.9 Å². The zero-order chi connectivity index (χ0) is 19.8. The maximum atomic E-state index is 6.64. The topological polar surface area (TPSA) is 37.5 Å². The number of furan rings is 1. The first kappa shape index (κ1) is 18.3. The quantitative estimate of drug-likeness (QED) is 0.584. The summed E-state index contributed by atoms with van der Waals surface area (Å²) in [5, 5.41) is 5.49. The van der Waals surface area contributed by atoms with E-state index in [1.54, 1.807) is 6.26 Å². The predicted molar refractivity (Wildman–Crippen MR) is 119 cm³/mol. The van der Waals surface area contributed by atoms with Gasteiger partial charge in [-0.2, -0.15) is 0 Å². The Labute approximate surface area is 176 Å². The number of nitrogens with one attached hydrogen (secondary N) is 1. The number of terminal acetylenes is 1. The molecule has 4 heteroatoms. The highest BCUT2D eigenvalue weighted by Crippen LogP contribution is 2.30. The van der Waals surface area contributed by atoms with Gasteiger partial charge in [0, 0.05) is 27.6 Å². The van der Waals surface area contributed by atoms with Crippen molar-refractivity contribution in [1.82, 2.24) is 5.32 Å². The minimum atomic E-state index is 0.403. The molecule has 2 unspecified atom stereocenters. The normalized spacial score (nSPS) is 20.8. The molecular weight excluding hydrogens is 380 g/mol. The van der Waals surface area contributed by atoms with Crippen molar-refractivity contribution >= 4 is 28.4 Å². The molecule has 5 rings (SSSR count). The van der Waals surface area contributed by atoms with Gasteiger partial charge in [-0.3, -0.25) is 4.99 Å². The number of benzene rings is 2. The van der Waals surface area contributed by atoms with E-state index in [-0.39, 0.29) is 0 Å². The molecule has 0 saturated heterocycles. The van der Waals surface area contributed by atoms with Crippen molar-refractivity contribution in [3.05, 3.63) is 69.9 Å². The third-order valence-corrected chi connectivity index (χ3v) is 6.51. The van der Waals surface area contributed by atoms with Crippen molar-refractivity contribution in [1.29, 1.82) is 0 Å². The highest BCUT2D eigenvalue weighted by atomic mass is 35.5. The van der Waals surface area contributed by atoms with Crippen LogP contribution in [-0.2, 0) is 12.8 Å². The van der Waals surface area contributed by atoms with Crippen LogP contribution in [0.15, 0.2) is 52.1 Å². The van der Waals surface area contributed by atoms with Crippen molar-refractivity contribution in [2.45, 2.75) is 50.6 Å². The first-order valence-electron chi connectivity index (χ1n) is 10.3. The number of hydrogen-bond donors (Lipinski definition) is 1. The average molecular weight is 403 g/mol. The fourth-order valence-electron chi connectivity index (χ4n) is 4.68. The van der Waals surface area contributed by atoms with Crippen LogP contribution in [0.2, 0.25) is 5.02 Å². The Morgan fingerprint density at radius 1 is 1.17 bits per heavy atom. The molecule has 0 radical (unpaired) electrons. The molecule has 1 saturated carbocycles. The van der Waals surface area contributed by atoms with Gasteiger partial charge in [-0.1, -0.05) is 42.5 Å². The standard InChI is InChI=1S/C25H23ClN2O/c1-2-16-14-17(24-18(15-16)12-13-29-24)10-11-19-20(6-5-7-21(19)26)25-27-22-8-3-4-9-23(22)28-25/h1,5-7,12-15,22-23H,3-4,8-11H2,(H,27,28). The van der Waals surface area contributed by atoms with Gasteiger partial charge >= 0.3 is 0 Å². The molecule has 146 valence electrons. The molecule has 1 aliphatic carbocycles. The summed E-state index contributed by atoms with van der Waals surface area (Å²) in [7, 11) is 0. The SMILES string of the molecule is C#Cc1cc(CCc2c(Cl)cccc2C2=NC3CCCCC3N2)c2occc2c1. The van der Waals surface area contributed by atoms with E-state index in [0.29, 0.717) is 12.1 Å². The summed E-state index contributed by atoms with van der Waals surface area (Å²) in [6.45, 7) is 0. The number of rotatable bonds is 4. The maximum absolute atomic E-state index is 6.64. The third-order valence-electron chi connectivity index (χ3n) is 6.16. The van der Waals surface area contributed by atoms with Crippen LogP contribution in [0, 0.1) is 12.3 Å². The van der Waals surface area contributed by atoms with Crippen molar-refractivity contribution in [2.75, 3.05) is 0 Å². The number of hydrogen-bond acceptors (Lipinski definition) is 3. The van der Waals surface area contributed by atoms with E-state index in [4.69, 9.17) is 27.4 Å². The molecule has 1 N–H and O–H groups in total. The number of halogens is 1. The molecule has 3 aromatic rings. The van der Waals surface area contributed by atoms with Gasteiger partial charge in [0.05, 0.1) is 12.3 Å². The van der Waals surface area contributed by atoms with Crippen molar-refractivity contribution < 1.29 is 4.42 Å². The van der Waals surface area contributed by atoms with E-state index < -0.39 is 0 Å². The zero-order valence-corrected chi connectivity index (χ0v) is 17.0. The first-order chi connectivity index (χ1) is 14.2. The van der Waals surface area contributed by atoms with Gasteiger partial charge in [-0.15, -0.1) is 6.42 Å². The van der Waals surface area contributed by atoms with E-state index in [1.807, 2.05) is 30.3 Å². The predicted octanol–water partition coefficient (Wildman–Crippen LogP) is 5.51. The lowest BCUT2D eigenvalue weighted by atomic mass is 9.92. The summed E-state index contributed by atoms with van der Waals surface area (Å²) in [6.07, 6.45) is 13.9. The molecule has 0 spiro atoms. The van der Waals surface area contributed by atoms with Crippen molar-refractivity contribution in [3.8, 4) is 12.3 Å². The molecule has 2 aliphatic rings. The second-order valence-corrected chi connectivity index (χ2v) is 8.37. The fraction of sp³-hybridized carbons (Fsp3) is 0.320. The summed E-state index contributed by atoms with van der Waals surface area (Å²) in [5.41, 5.74) is 5.14. The molecule has 1 aliphatic heterocycles. The number of amidine groups is 1. The lowest BCUT2D eigenvalue weighted by Crippen LogP contribution is -2.37. The Morgan fingerprint density at radius 3 is 2.93 bits per heavy atom. The smallest absolute Gasteiger partial charge is 0.137 e. The van der Waals surface area contributed by atoms with Crippen LogP contribution in [0.1, 0.15) is 47.9 Å². The molecule has 2 aromatic carbocycles. The van der Waals surface area contributed by atoms with Gasteiger partial charge in [-0.05, 0) is 61.1 Å². The van der Waals surface area contributed by atoms with Gasteiger partial charge in [0.15, 0.2) is 0 Å². The summed E-state index contributed by atoms with van der Waals surface area (Å²) in [5.74, 6) is 3.75. The summed E-state index contributed by atoms with van der Waals surface area (Å²) in [6, 6.07) is 13.0. The van der Waals surface area contributed by atoms with Crippen LogP contribution in [0.5, 0.6) is 0 Å². The van der Waals surface area contributed by atoms with Gasteiger partial charge in [0.25, 0.3) is 0 Å². The molecular formula is C25H23ClN2O. The van der Waals surface area contributed by atoms with Crippen LogP contribution < -0.4 is 5.32 Å². The molecule has 0 bridgehead atoms. The lowest BCUT2D eigenvalue weighted by Gasteiger charge is -2.23. The maximum Gasteiger partial charge on any atom is 0.137 e. The van der Waals surface area contributed by atoms with E-state index in [1.165, 1.54) is 25.7 Å². The van der Waals surface area contributed by atoms with Crippen LogP contribution in [-0.4, -0.2) is 17.9 Å². The highest BCUT2D eigenvalue weighted by Gasteiger charge is 2.32. The Balaban J connectivity index is 1.46. The number of aliphatic imine (C=N–C) groups is 1. The Morgan fingerprint density at radius 2 is 2.07 bits per heavy atom. The second kappa shape index (κ2) is 7.61. The summed E-state index contributed by atoms with van der Waals surface area (Å²) in [4.78, 5) is 5.01. The van der Waals surface area contributed by atoms with Gasteiger partial charge in [0.2, 0.25) is 0 Å². The van der Waals surface area contributed by atoms with Crippen LogP contribution in [0.25, 0.3) is 11.0 Å². The Bertz CT molecular complexity index is 1140. The second-order valence-electron chi connectivity index (χ2n) is 7.96. The molecule has 1 aromatic heterocycles. The molecule has 29 heavy (non-hydrogen) atoms. The Hall–Kier alpha value is -2.70. The molecule has 2 atom stereocenters. The zero-order valence-electron chi connectivity index (χ0n) is 16.2. The van der Waals surface area contributed by atoms with E-state index in [2.05, 4.69) is 17.3 Å². The molecule has 3 nitrogen and oxygen atoms in total. The van der Waals surface area contributed by atoms with Gasteiger partial charge < -0.3 is 9.73 Å². The van der Waals surface area contributed by atoms with Gasteiger partial charge in [-0.25, -0.2) is 0 Å². The van der Waals surface area contributed by atoms with E-state index >= 15 is 0 Å². The Kier molecular flexibility index (Phi) is 4.81. The molecule has 1 fully saturated rings.